The van der Waals surface area contributed by atoms with E-state index < -0.39 is 5.92 Å². The first-order chi connectivity index (χ1) is 10.7. The molecule has 22 heavy (non-hydrogen) atoms. The molecule has 3 rings (SSSR count). The summed E-state index contributed by atoms with van der Waals surface area (Å²) in [6, 6.07) is 12.1. The molecule has 0 aliphatic carbocycles. The fraction of sp³-hybridized carbons (Fsp3) is 0.250. The molecule has 2 aromatic heterocycles. The third-order valence-corrected chi connectivity index (χ3v) is 4.08. The van der Waals surface area contributed by atoms with Crippen LogP contribution in [0.5, 0.6) is 6.01 Å². The Bertz CT molecular complexity index is 804. The van der Waals surface area contributed by atoms with Crippen molar-refractivity contribution in [1.29, 1.82) is 5.26 Å². The number of benzene rings is 1. The molecule has 0 N–H and O–H groups in total. The number of rotatable bonds is 4. The van der Waals surface area contributed by atoms with Crippen LogP contribution in [0.4, 0.5) is 0 Å². The van der Waals surface area contributed by atoms with E-state index in [-0.39, 0.29) is 12.1 Å². The maximum Gasteiger partial charge on any atom is 0.316 e. The highest BCUT2D eigenvalue weighted by Crippen LogP contribution is 2.30. The Kier molecular flexibility index (Phi) is 3.98. The Labute approximate surface area is 132 Å². The second kappa shape index (κ2) is 6.08. The molecule has 1 unspecified atom stereocenters. The van der Waals surface area contributed by atoms with E-state index in [1.165, 1.54) is 11.3 Å². The average molecular weight is 310 g/mol. The number of ether oxygens (including phenoxy) is 1. The molecule has 6 heteroatoms. The lowest BCUT2D eigenvalue weighted by Gasteiger charge is -2.10. The molecule has 0 spiro atoms. The molecule has 1 aromatic carbocycles. The molecule has 0 aliphatic heterocycles. The van der Waals surface area contributed by atoms with Crippen LogP contribution in [0.2, 0.25) is 0 Å². The summed E-state index contributed by atoms with van der Waals surface area (Å²) in [5.74, 6) is -0.519. The molecular weight excluding hydrogens is 296 g/mol. The van der Waals surface area contributed by atoms with E-state index in [9.17, 15) is 5.26 Å². The summed E-state index contributed by atoms with van der Waals surface area (Å²) < 4.78 is 6.56. The number of hydrogen-bond donors (Lipinski definition) is 0. The highest BCUT2D eigenvalue weighted by atomic mass is 32.1. The highest BCUT2D eigenvalue weighted by Gasteiger charge is 2.20. The number of thiazole rings is 1. The Morgan fingerprint density at radius 1 is 1.18 bits per heavy atom. The lowest BCUT2D eigenvalue weighted by Crippen LogP contribution is -2.10. The van der Waals surface area contributed by atoms with Gasteiger partial charge in [-0.25, -0.2) is 9.97 Å². The fourth-order valence-electron chi connectivity index (χ4n) is 2.04. The number of nitriles is 1. The van der Waals surface area contributed by atoms with E-state index >= 15 is 0 Å². The van der Waals surface area contributed by atoms with Gasteiger partial charge in [0, 0.05) is 6.20 Å². The van der Waals surface area contributed by atoms with Crippen LogP contribution in [0.25, 0.3) is 10.2 Å². The summed E-state index contributed by atoms with van der Waals surface area (Å²) in [7, 11) is 0. The molecule has 0 aliphatic rings. The molecule has 3 aromatic rings. The van der Waals surface area contributed by atoms with Gasteiger partial charge in [-0.05, 0) is 32.0 Å². The molecule has 0 saturated carbocycles. The first-order valence-corrected chi connectivity index (χ1v) is 7.73. The predicted octanol–water partition coefficient (Wildman–Crippen LogP) is 3.53. The van der Waals surface area contributed by atoms with E-state index in [0.717, 1.165) is 15.2 Å². The van der Waals surface area contributed by atoms with Gasteiger partial charge in [-0.15, -0.1) is 11.3 Å². The summed E-state index contributed by atoms with van der Waals surface area (Å²) in [6.45, 7) is 3.82. The number of nitrogens with zero attached hydrogens (tertiary/aromatic N) is 4. The third kappa shape index (κ3) is 2.90. The first-order valence-electron chi connectivity index (χ1n) is 6.92. The number of aromatic nitrogens is 3. The van der Waals surface area contributed by atoms with E-state index in [1.807, 2.05) is 38.1 Å². The summed E-state index contributed by atoms with van der Waals surface area (Å²) >= 11 is 1.51. The summed E-state index contributed by atoms with van der Waals surface area (Å²) in [5.41, 5.74) is 1.50. The lowest BCUT2D eigenvalue weighted by molar-refractivity contribution is 0.221. The highest BCUT2D eigenvalue weighted by molar-refractivity contribution is 7.18. The van der Waals surface area contributed by atoms with E-state index in [4.69, 9.17) is 4.74 Å². The first kappa shape index (κ1) is 14.4. The molecule has 1 atom stereocenters. The van der Waals surface area contributed by atoms with Gasteiger partial charge in [0.2, 0.25) is 0 Å². The van der Waals surface area contributed by atoms with Crippen molar-refractivity contribution in [2.24, 2.45) is 0 Å². The van der Waals surface area contributed by atoms with Crippen LogP contribution in [0.15, 0.2) is 36.5 Å². The van der Waals surface area contributed by atoms with Crippen LogP contribution >= 0.6 is 11.3 Å². The maximum absolute atomic E-state index is 9.55. The second-order valence-electron chi connectivity index (χ2n) is 5.01. The predicted molar refractivity (Wildman–Crippen MR) is 84.9 cm³/mol. The van der Waals surface area contributed by atoms with Crippen molar-refractivity contribution in [3.63, 3.8) is 0 Å². The quantitative estimate of drug-likeness (QED) is 0.737. The minimum Gasteiger partial charge on any atom is -0.461 e. The second-order valence-corrected chi connectivity index (χ2v) is 6.07. The van der Waals surface area contributed by atoms with Gasteiger partial charge in [-0.2, -0.15) is 10.2 Å². The largest absolute Gasteiger partial charge is 0.461 e. The Balaban J connectivity index is 1.99. The maximum atomic E-state index is 9.55. The van der Waals surface area contributed by atoms with Crippen molar-refractivity contribution >= 4 is 21.6 Å². The molecule has 0 saturated heterocycles. The Morgan fingerprint density at radius 2 is 2.00 bits per heavy atom. The zero-order valence-corrected chi connectivity index (χ0v) is 13.0. The fourth-order valence-corrected chi connectivity index (χ4v) is 3.07. The number of fused-ring (bicyclic) bond motifs is 1. The summed E-state index contributed by atoms with van der Waals surface area (Å²) in [6.07, 6.45) is 1.59. The molecule has 5 nitrogen and oxygen atoms in total. The summed E-state index contributed by atoms with van der Waals surface area (Å²) in [5, 5.41) is 10.3. The zero-order chi connectivity index (χ0) is 15.5. The summed E-state index contributed by atoms with van der Waals surface area (Å²) in [4.78, 5) is 13.0. The minimum absolute atomic E-state index is 0.0155. The standard InChI is InChI=1S/C16H14N4OS/c1-10(2)21-16-18-8-7-12(20-16)11(9-17)15-19-13-5-3-4-6-14(13)22-15/h3-8,10-11H,1-2H3. The molecule has 0 bridgehead atoms. The topological polar surface area (TPSA) is 71.7 Å². The molecule has 2 heterocycles. The van der Waals surface area contributed by atoms with E-state index in [0.29, 0.717) is 5.69 Å². The van der Waals surface area contributed by atoms with Crippen LogP contribution in [0.3, 0.4) is 0 Å². The Hall–Kier alpha value is -2.52. The molecule has 0 fully saturated rings. The molecule has 0 amide bonds. The molecule has 110 valence electrons. The minimum atomic E-state index is -0.519. The number of para-hydroxylation sites is 1. The monoisotopic (exact) mass is 310 g/mol. The van der Waals surface area contributed by atoms with Crippen molar-refractivity contribution in [3.05, 3.63) is 47.2 Å². The normalized spacial score (nSPS) is 12.3. The van der Waals surface area contributed by atoms with Crippen LogP contribution in [-0.2, 0) is 0 Å². The van der Waals surface area contributed by atoms with Gasteiger partial charge in [0.15, 0.2) is 0 Å². The third-order valence-electron chi connectivity index (χ3n) is 2.98. The van der Waals surface area contributed by atoms with Crippen molar-refractivity contribution in [1.82, 2.24) is 15.0 Å². The number of hydrogen-bond acceptors (Lipinski definition) is 6. The van der Waals surface area contributed by atoms with E-state index in [2.05, 4.69) is 21.0 Å². The van der Waals surface area contributed by atoms with Crippen LogP contribution in [0.1, 0.15) is 30.5 Å². The average Bonchev–Trinajstić information content (AvgIpc) is 2.91. The van der Waals surface area contributed by atoms with Crippen molar-refractivity contribution in [2.75, 3.05) is 0 Å². The zero-order valence-electron chi connectivity index (χ0n) is 12.2. The van der Waals surface area contributed by atoms with Gasteiger partial charge < -0.3 is 4.74 Å². The molecular formula is C16H14N4OS. The smallest absolute Gasteiger partial charge is 0.316 e. The van der Waals surface area contributed by atoms with Crippen LogP contribution < -0.4 is 4.74 Å². The van der Waals surface area contributed by atoms with Gasteiger partial charge in [0.05, 0.1) is 28.1 Å². The SMILES string of the molecule is CC(C)Oc1nccc(C(C#N)c2nc3ccccc3s2)n1. The van der Waals surface area contributed by atoms with Gasteiger partial charge in [-0.3, -0.25) is 0 Å². The van der Waals surface area contributed by atoms with Crippen molar-refractivity contribution < 1.29 is 4.74 Å². The van der Waals surface area contributed by atoms with Gasteiger partial charge in [-0.1, -0.05) is 12.1 Å². The van der Waals surface area contributed by atoms with E-state index in [1.54, 1.807) is 12.3 Å². The van der Waals surface area contributed by atoms with Crippen molar-refractivity contribution in [2.45, 2.75) is 25.9 Å². The van der Waals surface area contributed by atoms with Crippen LogP contribution in [0, 0.1) is 11.3 Å². The molecule has 0 radical (unpaired) electrons. The van der Waals surface area contributed by atoms with Crippen molar-refractivity contribution in [3.8, 4) is 12.1 Å². The van der Waals surface area contributed by atoms with Gasteiger partial charge in [0.25, 0.3) is 0 Å². The Morgan fingerprint density at radius 3 is 2.73 bits per heavy atom. The van der Waals surface area contributed by atoms with Crippen LogP contribution in [-0.4, -0.2) is 21.1 Å². The van der Waals surface area contributed by atoms with Gasteiger partial charge in [0.1, 0.15) is 10.9 Å². The van der Waals surface area contributed by atoms with Gasteiger partial charge >= 0.3 is 6.01 Å². The lowest BCUT2D eigenvalue weighted by atomic mass is 10.1.